The van der Waals surface area contributed by atoms with Gasteiger partial charge in [-0.1, -0.05) is 32.8 Å². The summed E-state index contributed by atoms with van der Waals surface area (Å²) in [6.07, 6.45) is 9.19. The van der Waals surface area contributed by atoms with Crippen LogP contribution in [0, 0.1) is 23.2 Å². The van der Waals surface area contributed by atoms with Crippen molar-refractivity contribution in [1.82, 2.24) is 5.32 Å². The van der Waals surface area contributed by atoms with Gasteiger partial charge in [0, 0.05) is 5.41 Å². The summed E-state index contributed by atoms with van der Waals surface area (Å²) < 4.78 is 22.4. The van der Waals surface area contributed by atoms with E-state index >= 15 is 0 Å². The highest BCUT2D eigenvalue weighted by atomic mass is 31.2. The van der Waals surface area contributed by atoms with Gasteiger partial charge in [-0.05, 0) is 98.4 Å². The molecule has 0 bridgehead atoms. The van der Waals surface area contributed by atoms with Crippen molar-refractivity contribution in [3.63, 3.8) is 0 Å². The van der Waals surface area contributed by atoms with Gasteiger partial charge < -0.3 is 14.6 Å². The second-order valence-electron chi connectivity index (χ2n) is 11.2. The first-order chi connectivity index (χ1) is 16.2. The van der Waals surface area contributed by atoms with Crippen molar-refractivity contribution in [1.29, 1.82) is 0 Å². The summed E-state index contributed by atoms with van der Waals surface area (Å²) in [6.45, 7) is 5.48. The quantitative estimate of drug-likeness (QED) is 0.391. The van der Waals surface area contributed by atoms with Crippen LogP contribution in [0.15, 0.2) is 18.2 Å². The molecule has 1 aliphatic heterocycles. The predicted octanol–water partition coefficient (Wildman–Crippen LogP) is 4.70. The van der Waals surface area contributed by atoms with E-state index in [1.54, 1.807) is 6.07 Å². The van der Waals surface area contributed by atoms with Gasteiger partial charge in [-0.3, -0.25) is 14.6 Å². The van der Waals surface area contributed by atoms with Crippen LogP contribution in [0.4, 0.5) is 0 Å². The summed E-state index contributed by atoms with van der Waals surface area (Å²) in [6, 6.07) is 5.44. The first kappa shape index (κ1) is 24.3. The van der Waals surface area contributed by atoms with E-state index in [-0.39, 0.29) is 29.3 Å². The number of fused-ring (bicyclic) bond motifs is 5. The number of phosphoric ester groups is 1. The van der Waals surface area contributed by atoms with Crippen LogP contribution in [0.1, 0.15) is 82.3 Å². The molecule has 4 aliphatic rings. The highest BCUT2D eigenvalue weighted by Gasteiger charge is 2.58. The Balaban J connectivity index is 1.40. The average Bonchev–Trinajstić information content (AvgIpc) is 3.41. The molecule has 0 unspecified atom stereocenters. The van der Waals surface area contributed by atoms with Gasteiger partial charge in [-0.15, -0.1) is 0 Å². The monoisotopic (exact) mass is 491 g/mol. The van der Waals surface area contributed by atoms with Crippen molar-refractivity contribution in [3.8, 4) is 5.75 Å². The minimum atomic E-state index is -4.58. The van der Waals surface area contributed by atoms with Crippen molar-refractivity contribution in [2.45, 2.75) is 89.7 Å². The number of ether oxygens (including phenoxy) is 1. The molecule has 2 saturated carbocycles. The Kier molecular flexibility index (Phi) is 6.60. The van der Waals surface area contributed by atoms with E-state index < -0.39 is 7.82 Å². The van der Waals surface area contributed by atoms with Gasteiger partial charge in [0.1, 0.15) is 17.9 Å². The summed E-state index contributed by atoms with van der Waals surface area (Å²) >= 11 is 0. The molecule has 1 aromatic rings. The first-order valence-corrected chi connectivity index (χ1v) is 14.5. The highest BCUT2D eigenvalue weighted by molar-refractivity contribution is 7.46. The number of carbonyl (C=O) groups is 1. The molecule has 3 fully saturated rings. The van der Waals surface area contributed by atoms with Crippen molar-refractivity contribution in [2.24, 2.45) is 23.2 Å². The Morgan fingerprint density at radius 3 is 2.76 bits per heavy atom. The Morgan fingerprint density at radius 1 is 1.24 bits per heavy atom. The number of carbonyl (C=O) groups excluding carboxylic acids is 1. The van der Waals surface area contributed by atoms with E-state index in [1.165, 1.54) is 11.1 Å². The average molecular weight is 492 g/mol. The number of phosphoric acid groups is 1. The molecule has 8 heteroatoms. The molecule has 1 aromatic carbocycles. The summed E-state index contributed by atoms with van der Waals surface area (Å²) in [5, 5.41) is 3.28. The van der Waals surface area contributed by atoms with E-state index in [0.717, 1.165) is 64.3 Å². The third-order valence-electron chi connectivity index (χ3n) is 9.27. The second-order valence-corrected chi connectivity index (χ2v) is 12.3. The Morgan fingerprint density at radius 2 is 2.06 bits per heavy atom. The lowest BCUT2D eigenvalue weighted by Crippen LogP contribution is -2.48. The molecule has 188 valence electrons. The van der Waals surface area contributed by atoms with Crippen LogP contribution in [0.2, 0.25) is 0 Å². The van der Waals surface area contributed by atoms with Crippen LogP contribution in [0.5, 0.6) is 5.75 Å². The lowest BCUT2D eigenvalue weighted by Gasteiger charge is -2.53. The number of benzene rings is 1. The Hall–Kier alpha value is -1.40. The number of rotatable bonds is 6. The summed E-state index contributed by atoms with van der Waals surface area (Å²) in [7, 11) is -4.58. The van der Waals surface area contributed by atoms with Crippen LogP contribution in [0.3, 0.4) is 0 Å². The normalized spacial score (nSPS) is 36.9. The van der Waals surface area contributed by atoms with Crippen molar-refractivity contribution in [2.75, 3.05) is 6.54 Å². The van der Waals surface area contributed by atoms with Gasteiger partial charge in [0.15, 0.2) is 0 Å². The fourth-order valence-corrected chi connectivity index (χ4v) is 8.26. The maximum absolute atomic E-state index is 12.8. The van der Waals surface area contributed by atoms with E-state index in [4.69, 9.17) is 9.26 Å². The molecule has 1 heterocycles. The van der Waals surface area contributed by atoms with E-state index in [9.17, 15) is 19.1 Å². The Bertz CT molecular complexity index is 972. The molecule has 34 heavy (non-hydrogen) atoms. The van der Waals surface area contributed by atoms with Crippen molar-refractivity contribution < 1.29 is 28.4 Å². The molecule has 0 spiro atoms. The summed E-state index contributed by atoms with van der Waals surface area (Å²) in [4.78, 5) is 31.3. The third-order valence-corrected chi connectivity index (χ3v) is 9.72. The SMILES string of the molecule is CCC[C@@H]1Cc2cc(OP(=O)(O)O)ccc2[C@H]2CC[C@]3(C)[C@@H](OC(=O)[C@@H]4CCCN4)CC[C@H]3[C@H]12. The van der Waals surface area contributed by atoms with Crippen LogP contribution >= 0.6 is 7.82 Å². The van der Waals surface area contributed by atoms with Crippen molar-refractivity contribution >= 4 is 13.8 Å². The lowest BCUT2D eigenvalue weighted by atomic mass is 9.52. The Labute approximate surface area is 202 Å². The molecular weight excluding hydrogens is 453 g/mol. The molecule has 7 atom stereocenters. The van der Waals surface area contributed by atoms with E-state index in [2.05, 4.69) is 19.2 Å². The van der Waals surface area contributed by atoms with Crippen LogP contribution < -0.4 is 9.84 Å². The lowest BCUT2D eigenvalue weighted by molar-refractivity contribution is -0.160. The number of hydrogen-bond acceptors (Lipinski definition) is 5. The standard InChI is InChI=1S/C26H38NO6P/c1-3-5-16-14-17-15-18(33-34(29,30)31)7-8-19(17)20-11-12-26(2)21(24(16)20)9-10-23(26)32-25(28)22-6-4-13-27-22/h7-8,15-16,20-24,27H,3-6,9-14H2,1-2H3,(H2,29,30,31)/t16-,20-,21+,22+,23+,24-,26+/m1/s1. The fraction of sp³-hybridized carbons (Fsp3) is 0.731. The molecule has 7 nitrogen and oxygen atoms in total. The molecule has 3 aliphatic carbocycles. The molecule has 0 radical (unpaired) electrons. The van der Waals surface area contributed by atoms with Gasteiger partial charge in [-0.25, -0.2) is 4.57 Å². The fourth-order valence-electron chi connectivity index (χ4n) is 7.87. The maximum Gasteiger partial charge on any atom is 0.524 e. The molecule has 1 saturated heterocycles. The molecule has 0 aromatic heterocycles. The number of esters is 1. The predicted molar refractivity (Wildman–Crippen MR) is 128 cm³/mol. The van der Waals surface area contributed by atoms with Gasteiger partial charge in [0.05, 0.1) is 0 Å². The second kappa shape index (κ2) is 9.24. The summed E-state index contributed by atoms with van der Waals surface area (Å²) in [5.74, 6) is 2.21. The van der Waals surface area contributed by atoms with Crippen molar-refractivity contribution in [3.05, 3.63) is 29.3 Å². The zero-order valence-electron chi connectivity index (χ0n) is 20.2. The number of hydrogen-bond donors (Lipinski definition) is 3. The van der Waals surface area contributed by atoms with Crippen LogP contribution in [-0.2, 0) is 20.5 Å². The largest absolute Gasteiger partial charge is 0.524 e. The molecular formula is C26H38NO6P. The minimum Gasteiger partial charge on any atom is -0.461 e. The van der Waals surface area contributed by atoms with E-state index in [0.29, 0.717) is 23.7 Å². The smallest absolute Gasteiger partial charge is 0.461 e. The maximum atomic E-state index is 12.8. The first-order valence-electron chi connectivity index (χ1n) is 13.0. The van der Waals surface area contributed by atoms with Gasteiger partial charge in [0.2, 0.25) is 0 Å². The third kappa shape index (κ3) is 4.45. The zero-order chi connectivity index (χ0) is 24.1. The van der Waals surface area contributed by atoms with Gasteiger partial charge in [-0.2, -0.15) is 0 Å². The van der Waals surface area contributed by atoms with Crippen LogP contribution in [-0.4, -0.2) is 34.4 Å². The molecule has 0 amide bonds. The van der Waals surface area contributed by atoms with E-state index in [1.807, 2.05) is 12.1 Å². The van der Waals surface area contributed by atoms with Gasteiger partial charge >= 0.3 is 13.8 Å². The summed E-state index contributed by atoms with van der Waals surface area (Å²) in [5.41, 5.74) is 2.50. The topological polar surface area (TPSA) is 105 Å². The molecule has 3 N–H and O–H groups in total. The number of nitrogens with one attached hydrogen (secondary N) is 1. The van der Waals surface area contributed by atoms with Gasteiger partial charge in [0.25, 0.3) is 0 Å². The molecule has 5 rings (SSSR count). The minimum absolute atomic E-state index is 0.00366. The zero-order valence-corrected chi connectivity index (χ0v) is 21.1. The highest BCUT2D eigenvalue weighted by Crippen LogP contribution is 2.63. The van der Waals surface area contributed by atoms with Crippen LogP contribution in [0.25, 0.3) is 0 Å².